The van der Waals surface area contributed by atoms with Crippen LogP contribution in [0.4, 0.5) is 8.39 Å². The average Bonchev–Trinajstić information content (AvgIpc) is 2.28. The Labute approximate surface area is 93.8 Å². The fourth-order valence-electron chi connectivity index (χ4n) is 0.956. The highest BCUT2D eigenvalue weighted by Gasteiger charge is 2.33. The lowest BCUT2D eigenvalue weighted by Crippen LogP contribution is -1.81. The summed E-state index contributed by atoms with van der Waals surface area (Å²) in [4.78, 5) is 0. The molecule has 0 N–H and O–H groups in total. The van der Waals surface area contributed by atoms with Gasteiger partial charge in [-0.1, -0.05) is 19.7 Å². The molecule has 0 saturated carbocycles. The molecular weight excluding hydrogens is 273 g/mol. The Kier molecular flexibility index (Phi) is 3.91. The van der Waals surface area contributed by atoms with Crippen LogP contribution >= 0.6 is 22.5 Å². The molecule has 0 bridgehead atoms. The van der Waals surface area contributed by atoms with Crippen molar-refractivity contribution in [2.75, 3.05) is 7.11 Å². The van der Waals surface area contributed by atoms with Crippen LogP contribution in [0.15, 0.2) is 50.7 Å². The summed E-state index contributed by atoms with van der Waals surface area (Å²) in [5.74, 6) is 3.06. The lowest BCUT2D eigenvalue weighted by atomic mass is 11.3. The topological polar surface area (TPSA) is 46.3 Å². The first-order valence-corrected chi connectivity index (χ1v) is 9.12. The van der Waals surface area contributed by atoms with Crippen molar-refractivity contribution in [1.29, 1.82) is 0 Å². The normalized spacial score (nSPS) is 42.2. The molecule has 1 rings (SSSR count). The van der Waals surface area contributed by atoms with Crippen LogP contribution in [-0.2, 0) is 4.52 Å². The van der Waals surface area contributed by atoms with Crippen LogP contribution < -0.4 is 0 Å². The second-order valence-electron chi connectivity index (χ2n) is 2.73. The first-order chi connectivity index (χ1) is 7.36. The Morgan fingerprint density at radius 1 is 0.938 bits per heavy atom. The van der Waals surface area contributed by atoms with Crippen molar-refractivity contribution < 1.29 is 12.9 Å². The zero-order chi connectivity index (χ0) is 12.4. The Morgan fingerprint density at radius 3 is 1.81 bits per heavy atom. The standard InChI is InChI=1S/C7H12F2N3OP3/c1-5-14(8)10-15(9,6-2)12-16(7-3,11-14)13-4/h5-7H,1-3H2,4H3. The predicted molar refractivity (Wildman–Crippen MR) is 67.9 cm³/mol. The van der Waals surface area contributed by atoms with Gasteiger partial charge in [-0.15, -0.1) is 0 Å². The average molecular weight is 285 g/mol. The second kappa shape index (κ2) is 4.54. The van der Waals surface area contributed by atoms with Gasteiger partial charge in [0.1, 0.15) is 0 Å². The fourth-order valence-corrected chi connectivity index (χ4v) is 9.12. The van der Waals surface area contributed by atoms with Crippen molar-refractivity contribution >= 4 is 22.5 Å². The van der Waals surface area contributed by atoms with Crippen LogP contribution in [0.1, 0.15) is 0 Å². The molecule has 0 amide bonds. The molecule has 0 aliphatic carbocycles. The zero-order valence-corrected chi connectivity index (χ0v) is 11.4. The second-order valence-corrected chi connectivity index (χ2v) is 9.79. The zero-order valence-electron chi connectivity index (χ0n) is 8.70. The van der Waals surface area contributed by atoms with Crippen molar-refractivity contribution in [3.05, 3.63) is 37.2 Å². The van der Waals surface area contributed by atoms with Gasteiger partial charge in [-0.2, -0.15) is 21.9 Å². The Morgan fingerprint density at radius 2 is 1.44 bits per heavy atom. The van der Waals surface area contributed by atoms with E-state index in [1.54, 1.807) is 0 Å². The van der Waals surface area contributed by atoms with E-state index in [1.165, 1.54) is 12.9 Å². The Bertz CT molecular complexity index is 497. The number of rotatable bonds is 4. The largest absolute Gasteiger partial charge is 0.328 e. The van der Waals surface area contributed by atoms with Crippen LogP contribution in [0.3, 0.4) is 0 Å². The third kappa shape index (κ3) is 2.52. The molecule has 0 radical (unpaired) electrons. The molecule has 0 aromatic carbocycles. The third-order valence-corrected chi connectivity index (χ3v) is 9.74. The smallest absolute Gasteiger partial charge is 0.271 e. The van der Waals surface area contributed by atoms with Crippen LogP contribution in [-0.4, -0.2) is 7.11 Å². The molecule has 90 valence electrons. The van der Waals surface area contributed by atoms with E-state index in [0.29, 0.717) is 0 Å². The highest BCUT2D eigenvalue weighted by Crippen LogP contribution is 2.80. The van der Waals surface area contributed by atoms with Crippen LogP contribution in [0.5, 0.6) is 0 Å². The Balaban J connectivity index is 3.71. The van der Waals surface area contributed by atoms with Gasteiger partial charge in [0.2, 0.25) is 7.43 Å². The van der Waals surface area contributed by atoms with E-state index < -0.39 is 22.5 Å². The molecular formula is C7H12F2N3OP3. The summed E-state index contributed by atoms with van der Waals surface area (Å²) in [6.07, 6.45) is 0. The summed E-state index contributed by atoms with van der Waals surface area (Å²) < 4.78 is 44.1. The Hall–Kier alpha value is -0.270. The van der Waals surface area contributed by atoms with Crippen molar-refractivity contribution in [3.63, 3.8) is 0 Å². The van der Waals surface area contributed by atoms with Crippen molar-refractivity contribution in [1.82, 2.24) is 0 Å². The fraction of sp³-hybridized carbons (Fsp3) is 0.143. The molecule has 4 nitrogen and oxygen atoms in total. The minimum Gasteiger partial charge on any atom is -0.328 e. The van der Waals surface area contributed by atoms with Crippen LogP contribution in [0, 0.1) is 0 Å². The molecule has 3 unspecified atom stereocenters. The van der Waals surface area contributed by atoms with Gasteiger partial charge in [-0.3, -0.25) is 0 Å². The van der Waals surface area contributed by atoms with Gasteiger partial charge < -0.3 is 4.52 Å². The highest BCUT2D eigenvalue weighted by atomic mass is 31.3. The molecule has 0 fully saturated rings. The predicted octanol–water partition coefficient (Wildman–Crippen LogP) is 6.11. The van der Waals surface area contributed by atoms with Gasteiger partial charge in [0, 0.05) is 7.11 Å². The van der Waals surface area contributed by atoms with E-state index in [-0.39, 0.29) is 0 Å². The number of hydrogen-bond acceptors (Lipinski definition) is 4. The quantitative estimate of drug-likeness (QED) is 0.575. The van der Waals surface area contributed by atoms with E-state index in [9.17, 15) is 8.39 Å². The summed E-state index contributed by atoms with van der Waals surface area (Å²) in [7, 11) is -9.24. The molecule has 0 aromatic heterocycles. The van der Waals surface area contributed by atoms with Gasteiger partial charge in [0.05, 0.1) is 0 Å². The molecule has 0 aromatic rings. The van der Waals surface area contributed by atoms with Crippen molar-refractivity contribution in [2.24, 2.45) is 13.5 Å². The SMILES string of the molecule is C=CP1(F)=NP(F)(C=C)=NP(C=C)(OC)=N1. The van der Waals surface area contributed by atoms with Crippen LogP contribution in [0.25, 0.3) is 0 Å². The maximum absolute atomic E-state index is 14.1. The van der Waals surface area contributed by atoms with Gasteiger partial charge in [0.25, 0.3) is 15.0 Å². The lowest BCUT2D eigenvalue weighted by Gasteiger charge is -2.23. The minimum atomic E-state index is -3.76. The monoisotopic (exact) mass is 285 g/mol. The summed E-state index contributed by atoms with van der Waals surface area (Å²) in [5, 5.41) is 0. The molecule has 0 spiro atoms. The lowest BCUT2D eigenvalue weighted by molar-refractivity contribution is 0.460. The molecule has 1 heterocycles. The summed E-state index contributed by atoms with van der Waals surface area (Å²) in [6.45, 7) is 10.0. The maximum atomic E-state index is 14.1. The number of hydrogen-bond donors (Lipinski definition) is 0. The van der Waals surface area contributed by atoms with Gasteiger partial charge in [-0.25, -0.2) is 0 Å². The minimum absolute atomic E-state index is 0.913. The first-order valence-electron chi connectivity index (χ1n) is 4.13. The van der Waals surface area contributed by atoms with Crippen LogP contribution in [0.2, 0.25) is 0 Å². The third-order valence-electron chi connectivity index (χ3n) is 1.73. The molecule has 0 saturated heterocycles. The summed E-state index contributed by atoms with van der Waals surface area (Å²) in [5.41, 5.74) is 0. The van der Waals surface area contributed by atoms with E-state index in [0.717, 1.165) is 11.6 Å². The van der Waals surface area contributed by atoms with Gasteiger partial charge >= 0.3 is 0 Å². The molecule has 1 aliphatic heterocycles. The van der Waals surface area contributed by atoms with E-state index >= 15 is 0 Å². The molecule has 3 atom stereocenters. The van der Waals surface area contributed by atoms with E-state index in [1.807, 2.05) is 0 Å². The van der Waals surface area contributed by atoms with Gasteiger partial charge in [0.15, 0.2) is 0 Å². The first kappa shape index (κ1) is 13.8. The summed E-state index contributed by atoms with van der Waals surface area (Å²) in [6, 6.07) is 0. The number of nitrogens with zero attached hydrogens (tertiary/aromatic N) is 3. The maximum Gasteiger partial charge on any atom is 0.271 e. The number of halogens is 2. The van der Waals surface area contributed by atoms with Crippen molar-refractivity contribution in [2.45, 2.75) is 0 Å². The van der Waals surface area contributed by atoms with E-state index in [2.05, 4.69) is 33.3 Å². The summed E-state index contributed by atoms with van der Waals surface area (Å²) >= 11 is 0. The molecule has 16 heavy (non-hydrogen) atoms. The highest BCUT2D eigenvalue weighted by molar-refractivity contribution is 7.85. The van der Waals surface area contributed by atoms with Gasteiger partial charge in [-0.05, 0) is 17.5 Å². The van der Waals surface area contributed by atoms with Crippen molar-refractivity contribution in [3.8, 4) is 0 Å². The molecule has 9 heteroatoms. The van der Waals surface area contributed by atoms with E-state index in [4.69, 9.17) is 4.52 Å². The molecule has 1 aliphatic rings.